The van der Waals surface area contributed by atoms with Crippen molar-refractivity contribution in [2.45, 2.75) is 31.8 Å². The number of carboxylic acid groups (broad SMARTS) is 1. The number of carboxylic acids is 1. The van der Waals surface area contributed by atoms with Crippen LogP contribution in [0, 0.1) is 0 Å². The third kappa shape index (κ3) is 4.31. The van der Waals surface area contributed by atoms with Gasteiger partial charge in [-0.05, 0) is 55.2 Å². The topological polar surface area (TPSA) is 77.5 Å². The van der Waals surface area contributed by atoms with Crippen LogP contribution in [0.3, 0.4) is 0 Å². The Balaban J connectivity index is 2.17. The third-order valence-electron chi connectivity index (χ3n) is 5.40. The van der Waals surface area contributed by atoms with Crippen molar-refractivity contribution < 1.29 is 28.8 Å². The van der Waals surface area contributed by atoms with E-state index in [1.54, 1.807) is 21.3 Å². The van der Waals surface area contributed by atoms with Crippen LogP contribution < -0.4 is 18.9 Å². The average molecular weight is 415 g/mol. The van der Waals surface area contributed by atoms with E-state index in [1.807, 2.05) is 48.2 Å². The van der Waals surface area contributed by atoms with Crippen LogP contribution in [0.1, 0.15) is 36.9 Å². The van der Waals surface area contributed by atoms with Crippen LogP contribution in [0.2, 0.25) is 0 Å². The van der Waals surface area contributed by atoms with Gasteiger partial charge in [0.25, 0.3) is 0 Å². The van der Waals surface area contributed by atoms with Crippen molar-refractivity contribution in [3.8, 4) is 23.0 Å². The molecule has 7 heteroatoms. The minimum atomic E-state index is -0.814. The number of benzene rings is 2. The molecule has 0 bridgehead atoms. The fourth-order valence-electron chi connectivity index (χ4n) is 4.14. The van der Waals surface area contributed by atoms with Crippen molar-refractivity contribution in [2.75, 3.05) is 34.5 Å². The number of carbonyl (C=O) groups is 1. The van der Waals surface area contributed by atoms with Gasteiger partial charge >= 0.3 is 5.97 Å². The molecule has 2 atom stereocenters. The van der Waals surface area contributed by atoms with Gasteiger partial charge in [-0.3, -0.25) is 9.69 Å². The first-order valence-corrected chi connectivity index (χ1v) is 10.0. The second kappa shape index (κ2) is 9.71. The Morgan fingerprint density at radius 3 is 2.37 bits per heavy atom. The zero-order valence-corrected chi connectivity index (χ0v) is 17.9. The first kappa shape index (κ1) is 21.8. The number of methoxy groups -OCH3 is 3. The molecule has 30 heavy (non-hydrogen) atoms. The summed E-state index contributed by atoms with van der Waals surface area (Å²) in [6.07, 6.45) is 1.43. The van der Waals surface area contributed by atoms with Gasteiger partial charge in [-0.25, -0.2) is 0 Å². The number of hydrogen-bond acceptors (Lipinski definition) is 6. The molecule has 3 rings (SSSR count). The number of aliphatic carboxylic acids is 1. The van der Waals surface area contributed by atoms with E-state index >= 15 is 0 Å². The maximum atomic E-state index is 12.0. The minimum absolute atomic E-state index is 0.303. The summed E-state index contributed by atoms with van der Waals surface area (Å²) in [4.78, 5) is 14.0. The maximum absolute atomic E-state index is 12.0. The van der Waals surface area contributed by atoms with Crippen LogP contribution in [0.25, 0.3) is 0 Å². The molecule has 0 radical (unpaired) electrons. The summed E-state index contributed by atoms with van der Waals surface area (Å²) < 4.78 is 22.2. The summed E-state index contributed by atoms with van der Waals surface area (Å²) >= 11 is 0. The first-order chi connectivity index (χ1) is 14.5. The molecule has 2 unspecified atom stereocenters. The van der Waals surface area contributed by atoms with Crippen molar-refractivity contribution in [3.63, 3.8) is 0 Å². The molecule has 1 N–H and O–H groups in total. The zero-order valence-electron chi connectivity index (χ0n) is 17.9. The molecular formula is C23H29NO6. The summed E-state index contributed by atoms with van der Waals surface area (Å²) in [5, 5.41) is 9.81. The van der Waals surface area contributed by atoms with E-state index in [9.17, 15) is 9.90 Å². The van der Waals surface area contributed by atoms with Crippen molar-refractivity contribution >= 4 is 5.97 Å². The Morgan fingerprint density at radius 2 is 1.80 bits per heavy atom. The van der Waals surface area contributed by atoms with Crippen molar-refractivity contribution in [1.82, 2.24) is 4.90 Å². The average Bonchev–Trinajstić information content (AvgIpc) is 3.23. The molecule has 0 aromatic heterocycles. The Bertz CT molecular complexity index is 859. The summed E-state index contributed by atoms with van der Waals surface area (Å²) in [6.45, 7) is 3.17. The monoisotopic (exact) mass is 415 g/mol. The summed E-state index contributed by atoms with van der Waals surface area (Å²) in [5.41, 5.74) is 1.81. The van der Waals surface area contributed by atoms with Gasteiger partial charge in [0.1, 0.15) is 11.8 Å². The van der Waals surface area contributed by atoms with E-state index in [0.717, 1.165) is 23.3 Å². The smallest absolute Gasteiger partial charge is 0.320 e. The maximum Gasteiger partial charge on any atom is 0.320 e. The second-order valence-corrected chi connectivity index (χ2v) is 7.10. The van der Waals surface area contributed by atoms with E-state index in [1.165, 1.54) is 0 Å². The van der Waals surface area contributed by atoms with Crippen molar-refractivity contribution in [2.24, 2.45) is 0 Å². The van der Waals surface area contributed by atoms with Crippen molar-refractivity contribution in [3.05, 3.63) is 47.5 Å². The number of nitrogens with zero attached hydrogens (tertiary/aromatic N) is 1. The zero-order chi connectivity index (χ0) is 21.7. The van der Waals surface area contributed by atoms with Crippen LogP contribution in [0.15, 0.2) is 36.4 Å². The Hall–Kier alpha value is -2.93. The van der Waals surface area contributed by atoms with Gasteiger partial charge in [0.2, 0.25) is 5.75 Å². The molecule has 0 amide bonds. The molecule has 0 spiro atoms. The highest BCUT2D eigenvalue weighted by Crippen LogP contribution is 2.44. The Morgan fingerprint density at radius 1 is 1.10 bits per heavy atom. The molecule has 2 aromatic carbocycles. The fraction of sp³-hybridized carbons (Fsp3) is 0.435. The van der Waals surface area contributed by atoms with Gasteiger partial charge in [-0.2, -0.15) is 0 Å². The summed E-state index contributed by atoms with van der Waals surface area (Å²) in [5.74, 6) is 1.50. The summed E-state index contributed by atoms with van der Waals surface area (Å²) in [6, 6.07) is 10.7. The quantitative estimate of drug-likeness (QED) is 0.668. The number of rotatable bonds is 9. The largest absolute Gasteiger partial charge is 0.494 e. The highest BCUT2D eigenvalue weighted by Gasteiger charge is 2.37. The predicted molar refractivity (Wildman–Crippen MR) is 113 cm³/mol. The van der Waals surface area contributed by atoms with Gasteiger partial charge in [0.05, 0.1) is 34.0 Å². The molecule has 7 nitrogen and oxygen atoms in total. The normalized spacial score (nSPS) is 17.4. The van der Waals surface area contributed by atoms with Crippen LogP contribution in [0.5, 0.6) is 23.0 Å². The van der Waals surface area contributed by atoms with E-state index in [0.29, 0.717) is 36.8 Å². The van der Waals surface area contributed by atoms with Crippen LogP contribution in [0.4, 0.5) is 0 Å². The van der Waals surface area contributed by atoms with E-state index < -0.39 is 12.0 Å². The van der Waals surface area contributed by atoms with Crippen molar-refractivity contribution in [1.29, 1.82) is 0 Å². The number of ether oxygens (including phenoxy) is 4. The minimum Gasteiger partial charge on any atom is -0.494 e. The fourth-order valence-corrected chi connectivity index (χ4v) is 4.14. The Labute approximate surface area is 177 Å². The van der Waals surface area contributed by atoms with E-state index in [-0.39, 0.29) is 6.04 Å². The Kier molecular flexibility index (Phi) is 7.05. The molecule has 1 aliphatic heterocycles. The number of hydrogen-bond donors (Lipinski definition) is 1. The molecule has 0 aliphatic carbocycles. The molecule has 1 fully saturated rings. The molecular weight excluding hydrogens is 386 g/mol. The first-order valence-electron chi connectivity index (χ1n) is 10.0. The summed E-state index contributed by atoms with van der Waals surface area (Å²) in [7, 11) is 4.70. The van der Waals surface area contributed by atoms with E-state index in [2.05, 4.69) is 0 Å². The van der Waals surface area contributed by atoms with E-state index in [4.69, 9.17) is 18.9 Å². The number of likely N-dealkylation sites (tertiary alicyclic amines) is 1. The standard InChI is InChI=1S/C23H29NO6/c1-5-30-17-9-6-8-15(12-17)21(24-11-7-10-18(24)23(25)26)16-13-19(27-2)22(29-4)20(14-16)28-3/h6,8-9,12-14,18,21H,5,7,10-11H2,1-4H3,(H,25,26). The van der Waals surface area contributed by atoms with Gasteiger partial charge in [0.15, 0.2) is 11.5 Å². The molecule has 0 saturated carbocycles. The van der Waals surface area contributed by atoms with Gasteiger partial charge in [0, 0.05) is 6.54 Å². The molecule has 2 aromatic rings. The lowest BCUT2D eigenvalue weighted by atomic mass is 9.95. The van der Waals surface area contributed by atoms with Crippen LogP contribution in [-0.4, -0.2) is 56.5 Å². The van der Waals surface area contributed by atoms with Gasteiger partial charge < -0.3 is 24.1 Å². The molecule has 1 aliphatic rings. The van der Waals surface area contributed by atoms with Crippen LogP contribution in [-0.2, 0) is 4.79 Å². The van der Waals surface area contributed by atoms with Crippen LogP contribution >= 0.6 is 0 Å². The SMILES string of the molecule is CCOc1cccc(C(c2cc(OC)c(OC)c(OC)c2)N2CCCC2C(=O)O)c1. The van der Waals surface area contributed by atoms with Gasteiger partial charge in [-0.1, -0.05) is 12.1 Å². The molecule has 1 saturated heterocycles. The van der Waals surface area contributed by atoms with Gasteiger partial charge in [-0.15, -0.1) is 0 Å². The lowest BCUT2D eigenvalue weighted by molar-refractivity contribution is -0.142. The second-order valence-electron chi connectivity index (χ2n) is 7.10. The molecule has 162 valence electrons. The lowest BCUT2D eigenvalue weighted by Gasteiger charge is -2.32. The highest BCUT2D eigenvalue weighted by molar-refractivity contribution is 5.74. The third-order valence-corrected chi connectivity index (χ3v) is 5.40. The molecule has 1 heterocycles. The predicted octanol–water partition coefficient (Wildman–Crippen LogP) is 3.75. The lowest BCUT2D eigenvalue weighted by Crippen LogP contribution is -2.39. The highest BCUT2D eigenvalue weighted by atomic mass is 16.5.